The van der Waals surface area contributed by atoms with Gasteiger partial charge in [0.05, 0.1) is 4.88 Å². The molecular formula is C13H8FN3O2S. The molecule has 3 rings (SSSR count). The van der Waals surface area contributed by atoms with Crippen molar-refractivity contribution in [1.29, 1.82) is 0 Å². The first-order valence-electron chi connectivity index (χ1n) is 5.67. The van der Waals surface area contributed by atoms with E-state index in [1.807, 2.05) is 0 Å². The van der Waals surface area contributed by atoms with Crippen LogP contribution in [-0.4, -0.2) is 16.1 Å². The van der Waals surface area contributed by atoms with Crippen molar-refractivity contribution in [3.05, 3.63) is 52.5 Å². The fourth-order valence-electron chi connectivity index (χ4n) is 1.58. The lowest BCUT2D eigenvalue weighted by molar-refractivity contribution is 0.102. The molecule has 1 amide bonds. The maximum absolute atomic E-state index is 13.1. The number of amides is 1. The van der Waals surface area contributed by atoms with Crippen LogP contribution in [0.2, 0.25) is 0 Å². The molecule has 1 N–H and O–H groups in total. The standard InChI is InChI=1S/C13H8FN3O2S/c14-9-4-1-3-8(7-9)12-16-17-13(19-12)15-11(18)10-5-2-6-20-10/h1-7H,(H,15,17,18). The number of nitrogens with zero attached hydrogens (tertiary/aromatic N) is 2. The number of hydrogen-bond acceptors (Lipinski definition) is 5. The number of hydrogen-bond donors (Lipinski definition) is 1. The summed E-state index contributed by atoms with van der Waals surface area (Å²) in [6, 6.07) is 9.20. The summed E-state index contributed by atoms with van der Waals surface area (Å²) in [5.74, 6) is -0.578. The van der Waals surface area contributed by atoms with Gasteiger partial charge in [-0.25, -0.2) is 4.39 Å². The number of anilines is 1. The molecule has 2 aromatic heterocycles. The molecular weight excluding hydrogens is 281 g/mol. The van der Waals surface area contributed by atoms with E-state index in [1.165, 1.54) is 23.5 Å². The molecule has 0 radical (unpaired) electrons. The maximum Gasteiger partial charge on any atom is 0.322 e. The van der Waals surface area contributed by atoms with Gasteiger partial charge in [-0.3, -0.25) is 10.1 Å². The molecule has 3 aromatic rings. The molecule has 0 saturated carbocycles. The van der Waals surface area contributed by atoms with E-state index in [1.54, 1.807) is 29.6 Å². The van der Waals surface area contributed by atoms with Gasteiger partial charge < -0.3 is 4.42 Å². The van der Waals surface area contributed by atoms with Gasteiger partial charge in [-0.1, -0.05) is 17.2 Å². The van der Waals surface area contributed by atoms with Gasteiger partial charge >= 0.3 is 6.01 Å². The van der Waals surface area contributed by atoms with Crippen molar-refractivity contribution in [2.75, 3.05) is 5.32 Å². The lowest BCUT2D eigenvalue weighted by Gasteiger charge is -1.96. The van der Waals surface area contributed by atoms with E-state index in [0.29, 0.717) is 10.4 Å². The van der Waals surface area contributed by atoms with Crippen molar-refractivity contribution in [2.45, 2.75) is 0 Å². The molecule has 0 unspecified atom stereocenters. The minimum atomic E-state index is -0.398. The normalized spacial score (nSPS) is 10.4. The Labute approximate surface area is 117 Å². The van der Waals surface area contributed by atoms with E-state index in [0.717, 1.165) is 0 Å². The number of aromatic nitrogens is 2. The van der Waals surface area contributed by atoms with E-state index in [9.17, 15) is 9.18 Å². The van der Waals surface area contributed by atoms with Crippen LogP contribution in [0.4, 0.5) is 10.4 Å². The molecule has 100 valence electrons. The summed E-state index contributed by atoms with van der Waals surface area (Å²) < 4.78 is 18.4. The molecule has 0 fully saturated rings. The number of halogens is 1. The number of benzene rings is 1. The van der Waals surface area contributed by atoms with E-state index in [2.05, 4.69) is 15.5 Å². The fraction of sp³-hybridized carbons (Fsp3) is 0. The highest BCUT2D eigenvalue weighted by Crippen LogP contribution is 2.21. The van der Waals surface area contributed by atoms with Crippen molar-refractivity contribution >= 4 is 23.3 Å². The van der Waals surface area contributed by atoms with Gasteiger partial charge in [0.15, 0.2) is 0 Å². The summed E-state index contributed by atoms with van der Waals surface area (Å²) in [5, 5.41) is 11.8. The summed E-state index contributed by atoms with van der Waals surface area (Å²) in [6.45, 7) is 0. The molecule has 0 atom stereocenters. The van der Waals surface area contributed by atoms with Gasteiger partial charge in [-0.15, -0.1) is 16.4 Å². The molecule has 7 heteroatoms. The second-order valence-electron chi connectivity index (χ2n) is 3.85. The highest BCUT2D eigenvalue weighted by atomic mass is 32.1. The van der Waals surface area contributed by atoms with Gasteiger partial charge in [0.1, 0.15) is 5.82 Å². The molecule has 2 heterocycles. The Morgan fingerprint density at radius 1 is 1.25 bits per heavy atom. The maximum atomic E-state index is 13.1. The van der Waals surface area contributed by atoms with Crippen LogP contribution >= 0.6 is 11.3 Å². The molecule has 0 aliphatic rings. The number of thiophene rings is 1. The summed E-state index contributed by atoms with van der Waals surface area (Å²) in [5.41, 5.74) is 0.453. The Balaban J connectivity index is 1.79. The molecule has 0 aliphatic heterocycles. The van der Waals surface area contributed by atoms with Crippen LogP contribution in [0.5, 0.6) is 0 Å². The van der Waals surface area contributed by atoms with Crippen molar-refractivity contribution in [3.63, 3.8) is 0 Å². The molecule has 0 aliphatic carbocycles. The van der Waals surface area contributed by atoms with Crippen LogP contribution < -0.4 is 5.32 Å². The minimum Gasteiger partial charge on any atom is -0.403 e. The van der Waals surface area contributed by atoms with Gasteiger partial charge in [0.2, 0.25) is 5.89 Å². The minimum absolute atomic E-state index is 0.0253. The Kier molecular flexibility index (Phi) is 3.26. The zero-order valence-corrected chi connectivity index (χ0v) is 10.9. The SMILES string of the molecule is O=C(Nc1nnc(-c2cccc(F)c2)o1)c1cccs1. The van der Waals surface area contributed by atoms with Crippen LogP contribution in [-0.2, 0) is 0 Å². The Morgan fingerprint density at radius 2 is 2.15 bits per heavy atom. The summed E-state index contributed by atoms with van der Waals surface area (Å²) in [6.07, 6.45) is 0. The average molecular weight is 289 g/mol. The second kappa shape index (κ2) is 5.22. The van der Waals surface area contributed by atoms with Crippen molar-refractivity contribution in [2.24, 2.45) is 0 Å². The molecule has 1 aromatic carbocycles. The average Bonchev–Trinajstić information content (AvgIpc) is 3.10. The zero-order chi connectivity index (χ0) is 13.9. The van der Waals surface area contributed by atoms with E-state index in [4.69, 9.17) is 4.42 Å². The third-order valence-corrected chi connectivity index (χ3v) is 3.33. The van der Waals surface area contributed by atoms with E-state index >= 15 is 0 Å². The molecule has 5 nitrogen and oxygen atoms in total. The van der Waals surface area contributed by atoms with Crippen LogP contribution in [0.3, 0.4) is 0 Å². The first-order valence-corrected chi connectivity index (χ1v) is 6.54. The molecule has 0 saturated heterocycles. The zero-order valence-electron chi connectivity index (χ0n) is 10.0. The lowest BCUT2D eigenvalue weighted by atomic mass is 10.2. The quantitative estimate of drug-likeness (QED) is 0.804. The smallest absolute Gasteiger partial charge is 0.322 e. The molecule has 20 heavy (non-hydrogen) atoms. The fourth-order valence-corrected chi connectivity index (χ4v) is 2.20. The van der Waals surface area contributed by atoms with Crippen LogP contribution in [0.25, 0.3) is 11.5 Å². The van der Waals surface area contributed by atoms with Gasteiger partial charge in [0, 0.05) is 5.56 Å². The third-order valence-electron chi connectivity index (χ3n) is 2.46. The third kappa shape index (κ3) is 2.57. The predicted octanol–water partition coefficient (Wildman–Crippen LogP) is 3.19. The first-order chi connectivity index (χ1) is 9.72. The number of nitrogens with one attached hydrogen (secondary N) is 1. The predicted molar refractivity (Wildman–Crippen MR) is 72.0 cm³/mol. The summed E-state index contributed by atoms with van der Waals surface area (Å²) >= 11 is 1.30. The number of carbonyl (C=O) groups excluding carboxylic acids is 1. The van der Waals surface area contributed by atoms with Crippen molar-refractivity contribution in [3.8, 4) is 11.5 Å². The molecule has 0 bridgehead atoms. The van der Waals surface area contributed by atoms with E-state index in [-0.39, 0.29) is 17.8 Å². The Morgan fingerprint density at radius 3 is 2.90 bits per heavy atom. The van der Waals surface area contributed by atoms with Crippen LogP contribution in [0.1, 0.15) is 9.67 Å². The highest BCUT2D eigenvalue weighted by molar-refractivity contribution is 7.12. The van der Waals surface area contributed by atoms with Gasteiger partial charge in [0.25, 0.3) is 5.91 Å². The van der Waals surface area contributed by atoms with Gasteiger partial charge in [-0.2, -0.15) is 0 Å². The highest BCUT2D eigenvalue weighted by Gasteiger charge is 2.13. The molecule has 0 spiro atoms. The van der Waals surface area contributed by atoms with Gasteiger partial charge in [-0.05, 0) is 29.6 Å². The van der Waals surface area contributed by atoms with Crippen molar-refractivity contribution < 1.29 is 13.6 Å². The monoisotopic (exact) mass is 289 g/mol. The van der Waals surface area contributed by atoms with E-state index < -0.39 is 5.82 Å². The second-order valence-corrected chi connectivity index (χ2v) is 4.80. The Hall–Kier alpha value is -2.54. The summed E-state index contributed by atoms with van der Waals surface area (Å²) in [7, 11) is 0. The topological polar surface area (TPSA) is 68.0 Å². The number of rotatable bonds is 3. The lowest BCUT2D eigenvalue weighted by Crippen LogP contribution is -2.10. The number of carbonyl (C=O) groups is 1. The largest absolute Gasteiger partial charge is 0.403 e. The van der Waals surface area contributed by atoms with Crippen LogP contribution in [0, 0.1) is 5.82 Å². The van der Waals surface area contributed by atoms with Crippen LogP contribution in [0.15, 0.2) is 46.2 Å². The Bertz CT molecular complexity index is 740. The first kappa shape index (κ1) is 12.5. The summed E-state index contributed by atoms with van der Waals surface area (Å²) in [4.78, 5) is 12.3. The van der Waals surface area contributed by atoms with Crippen molar-refractivity contribution in [1.82, 2.24) is 10.2 Å².